The van der Waals surface area contributed by atoms with Gasteiger partial charge in [-0.25, -0.2) is 0 Å². The average Bonchev–Trinajstić information content (AvgIpc) is 2.77. The van der Waals surface area contributed by atoms with Gasteiger partial charge in [0.2, 0.25) is 5.91 Å². The summed E-state index contributed by atoms with van der Waals surface area (Å²) >= 11 is 0. The highest BCUT2D eigenvalue weighted by atomic mass is 16.5. The van der Waals surface area contributed by atoms with Crippen molar-refractivity contribution >= 4 is 5.91 Å². The van der Waals surface area contributed by atoms with Gasteiger partial charge in [-0.05, 0) is 32.3 Å². The predicted octanol–water partition coefficient (Wildman–Crippen LogP) is 4.35. The summed E-state index contributed by atoms with van der Waals surface area (Å²) < 4.78 is 11.6. The zero-order valence-electron chi connectivity index (χ0n) is 17.5. The highest BCUT2D eigenvalue weighted by Crippen LogP contribution is 2.44. The summed E-state index contributed by atoms with van der Waals surface area (Å²) in [5.41, 5.74) is 2.80. The number of fused-ring (bicyclic) bond motifs is 2. The molecular weight excluding hydrogens is 376 g/mol. The minimum atomic E-state index is -0.411. The van der Waals surface area contributed by atoms with Crippen LogP contribution < -0.4 is 14.8 Å². The topological polar surface area (TPSA) is 50.8 Å². The van der Waals surface area contributed by atoms with Gasteiger partial charge in [-0.2, -0.15) is 0 Å². The van der Waals surface area contributed by atoms with Crippen molar-refractivity contribution in [3.8, 4) is 17.2 Å². The molecule has 0 aliphatic carbocycles. The lowest BCUT2D eigenvalue weighted by Crippen LogP contribution is -2.38. The summed E-state index contributed by atoms with van der Waals surface area (Å²) in [6.07, 6.45) is 0. The van der Waals surface area contributed by atoms with Crippen molar-refractivity contribution in [3.05, 3.63) is 89.5 Å². The summed E-state index contributed by atoms with van der Waals surface area (Å²) in [6.45, 7) is 0.466. The largest absolute Gasteiger partial charge is 0.496 e. The minimum Gasteiger partial charge on any atom is -0.496 e. The summed E-state index contributed by atoms with van der Waals surface area (Å²) in [6, 6.07) is 23.3. The number of rotatable bonds is 6. The van der Waals surface area contributed by atoms with Crippen molar-refractivity contribution < 1.29 is 14.3 Å². The molecule has 0 radical (unpaired) electrons. The van der Waals surface area contributed by atoms with Crippen LogP contribution in [0.15, 0.2) is 72.8 Å². The van der Waals surface area contributed by atoms with E-state index in [0.29, 0.717) is 6.54 Å². The van der Waals surface area contributed by atoms with Gasteiger partial charge in [0.05, 0.1) is 19.1 Å². The van der Waals surface area contributed by atoms with Gasteiger partial charge in [0.25, 0.3) is 0 Å². The number of carbonyl (C=O) groups excluding carboxylic acids is 1. The Morgan fingerprint density at radius 3 is 2.13 bits per heavy atom. The van der Waals surface area contributed by atoms with Crippen molar-refractivity contribution in [2.75, 3.05) is 27.7 Å². The lowest BCUT2D eigenvalue weighted by atomic mass is 9.87. The number of hydrogen-bond donors (Lipinski definition) is 1. The zero-order valence-corrected chi connectivity index (χ0v) is 17.5. The first-order valence-corrected chi connectivity index (χ1v) is 10.0. The Morgan fingerprint density at radius 1 is 0.967 bits per heavy atom. The molecule has 5 heteroatoms. The van der Waals surface area contributed by atoms with Gasteiger partial charge in [-0.3, -0.25) is 4.79 Å². The van der Waals surface area contributed by atoms with Gasteiger partial charge in [0.1, 0.15) is 17.2 Å². The first kappa shape index (κ1) is 20.0. The molecule has 1 aliphatic rings. The van der Waals surface area contributed by atoms with E-state index in [4.69, 9.17) is 9.47 Å². The molecule has 1 aliphatic heterocycles. The second kappa shape index (κ2) is 8.59. The monoisotopic (exact) mass is 402 g/mol. The summed E-state index contributed by atoms with van der Waals surface area (Å²) in [4.78, 5) is 15.5. The summed E-state index contributed by atoms with van der Waals surface area (Å²) in [7, 11) is 5.67. The molecule has 0 aromatic heterocycles. The minimum absolute atomic E-state index is 0.0181. The third-order valence-corrected chi connectivity index (χ3v) is 5.53. The number of nitrogens with one attached hydrogen (secondary N) is 1. The smallest absolute Gasteiger partial charge is 0.232 e. The van der Waals surface area contributed by atoms with E-state index < -0.39 is 5.92 Å². The van der Waals surface area contributed by atoms with E-state index in [-0.39, 0.29) is 11.9 Å². The third-order valence-electron chi connectivity index (χ3n) is 5.53. The molecule has 1 atom stereocenters. The van der Waals surface area contributed by atoms with Gasteiger partial charge in [-0.15, -0.1) is 0 Å². The highest BCUT2D eigenvalue weighted by molar-refractivity contribution is 5.89. The van der Waals surface area contributed by atoms with Crippen LogP contribution >= 0.6 is 0 Å². The van der Waals surface area contributed by atoms with E-state index >= 15 is 0 Å². The van der Waals surface area contributed by atoms with E-state index in [1.807, 2.05) is 86.9 Å². The van der Waals surface area contributed by atoms with Gasteiger partial charge in [0.15, 0.2) is 0 Å². The molecule has 1 heterocycles. The fraction of sp³-hybridized carbons (Fsp3) is 0.240. The van der Waals surface area contributed by atoms with Gasteiger partial charge in [0, 0.05) is 23.2 Å². The number of nitrogens with zero attached hydrogens (tertiary/aromatic N) is 1. The lowest BCUT2D eigenvalue weighted by Gasteiger charge is -2.30. The fourth-order valence-corrected chi connectivity index (χ4v) is 4.00. The molecule has 0 spiro atoms. The molecule has 0 fully saturated rings. The Kier molecular flexibility index (Phi) is 5.72. The number of carbonyl (C=O) groups is 1. The molecule has 30 heavy (non-hydrogen) atoms. The number of likely N-dealkylation sites (N-methyl/N-ethyl adjacent to an activating group) is 1. The van der Waals surface area contributed by atoms with Crippen molar-refractivity contribution in [1.29, 1.82) is 0 Å². The van der Waals surface area contributed by atoms with Gasteiger partial charge in [-0.1, -0.05) is 54.6 Å². The summed E-state index contributed by atoms with van der Waals surface area (Å²) in [5, 5.41) is 3.17. The van der Waals surface area contributed by atoms with Crippen molar-refractivity contribution in [1.82, 2.24) is 10.2 Å². The van der Waals surface area contributed by atoms with E-state index in [2.05, 4.69) is 10.2 Å². The molecule has 0 saturated heterocycles. The van der Waals surface area contributed by atoms with Crippen molar-refractivity contribution in [3.63, 3.8) is 0 Å². The van der Waals surface area contributed by atoms with E-state index in [1.54, 1.807) is 7.11 Å². The molecule has 3 aromatic rings. The predicted molar refractivity (Wildman–Crippen MR) is 117 cm³/mol. The maximum atomic E-state index is 13.4. The molecule has 1 unspecified atom stereocenters. The Labute approximate surface area is 177 Å². The van der Waals surface area contributed by atoms with Crippen LogP contribution in [-0.4, -0.2) is 38.6 Å². The first-order valence-electron chi connectivity index (χ1n) is 10.0. The first-order chi connectivity index (χ1) is 14.6. The molecular formula is C25H26N2O3. The van der Waals surface area contributed by atoms with Gasteiger partial charge < -0.3 is 19.7 Å². The van der Waals surface area contributed by atoms with Crippen LogP contribution in [0, 0.1) is 0 Å². The van der Waals surface area contributed by atoms with E-state index in [9.17, 15) is 4.79 Å². The number of benzene rings is 3. The maximum Gasteiger partial charge on any atom is 0.232 e. The lowest BCUT2D eigenvalue weighted by molar-refractivity contribution is -0.122. The van der Waals surface area contributed by atoms with Gasteiger partial charge >= 0.3 is 0 Å². The average molecular weight is 402 g/mol. The third kappa shape index (κ3) is 3.76. The molecule has 5 nitrogen and oxygen atoms in total. The molecule has 1 amide bonds. The number of methoxy groups -OCH3 is 1. The van der Waals surface area contributed by atoms with Crippen LogP contribution in [0.4, 0.5) is 0 Å². The molecule has 1 N–H and O–H groups in total. The molecule has 3 aromatic carbocycles. The quantitative estimate of drug-likeness (QED) is 0.666. The normalized spacial score (nSPS) is 13.7. The SMILES string of the molecule is COc1ccccc1C(CNC(=O)C1c2ccccc2Oc2ccccc21)N(C)C. The molecule has 0 bridgehead atoms. The standard InChI is InChI=1S/C25H26N2O3/c1-27(2)20(17-10-4-7-13-21(17)29-3)16-26-25(28)24-18-11-5-8-14-22(18)30-23-15-9-6-12-19(23)24/h4-15,20,24H,16H2,1-3H3,(H,26,28). The van der Waals surface area contributed by atoms with Crippen LogP contribution in [-0.2, 0) is 4.79 Å². The number of hydrogen-bond acceptors (Lipinski definition) is 4. The second-order valence-electron chi connectivity index (χ2n) is 7.58. The van der Waals surface area contributed by atoms with Crippen LogP contribution in [0.2, 0.25) is 0 Å². The Balaban J connectivity index is 1.61. The Morgan fingerprint density at radius 2 is 1.53 bits per heavy atom. The van der Waals surface area contributed by atoms with Crippen molar-refractivity contribution in [2.24, 2.45) is 0 Å². The molecule has 154 valence electrons. The van der Waals surface area contributed by atoms with Crippen LogP contribution in [0.1, 0.15) is 28.7 Å². The molecule has 4 rings (SSSR count). The number of amides is 1. The zero-order chi connectivity index (χ0) is 21.1. The fourth-order valence-electron chi connectivity index (χ4n) is 4.00. The Hall–Kier alpha value is -3.31. The van der Waals surface area contributed by atoms with E-state index in [0.717, 1.165) is 33.9 Å². The number of para-hydroxylation sites is 3. The van der Waals surface area contributed by atoms with Crippen LogP contribution in [0.5, 0.6) is 17.2 Å². The van der Waals surface area contributed by atoms with E-state index in [1.165, 1.54) is 0 Å². The highest BCUT2D eigenvalue weighted by Gasteiger charge is 2.32. The van der Waals surface area contributed by atoms with Crippen molar-refractivity contribution in [2.45, 2.75) is 12.0 Å². The molecule has 0 saturated carbocycles. The second-order valence-corrected chi connectivity index (χ2v) is 7.58. The van der Waals surface area contributed by atoms with Crippen LogP contribution in [0.3, 0.4) is 0 Å². The number of ether oxygens (including phenoxy) is 2. The maximum absolute atomic E-state index is 13.4. The Bertz CT molecular complexity index is 1000. The van der Waals surface area contributed by atoms with Crippen LogP contribution in [0.25, 0.3) is 0 Å². The summed E-state index contributed by atoms with van der Waals surface area (Å²) in [5.74, 6) is 1.81.